The number of hydrogen-bond acceptors (Lipinski definition) is 7. The first-order valence-electron chi connectivity index (χ1n) is 11.1. The van der Waals surface area contributed by atoms with Crippen molar-refractivity contribution in [1.82, 2.24) is 14.9 Å². The Kier molecular flexibility index (Phi) is 5.40. The van der Waals surface area contributed by atoms with E-state index < -0.39 is 10.0 Å². The third kappa shape index (κ3) is 4.00. The minimum atomic E-state index is -3.29. The molecule has 0 fully saturated rings. The summed E-state index contributed by atoms with van der Waals surface area (Å²) in [6, 6.07) is 7.74. The second kappa shape index (κ2) is 8.34. The number of thiophene rings is 1. The Bertz CT molecular complexity index is 1530. The van der Waals surface area contributed by atoms with Crippen LogP contribution in [0.3, 0.4) is 0 Å². The van der Waals surface area contributed by atoms with E-state index >= 15 is 0 Å². The predicted molar refractivity (Wildman–Crippen MR) is 132 cm³/mol. The summed E-state index contributed by atoms with van der Waals surface area (Å²) in [5.74, 6) is 1.63. The molecule has 1 N–H and O–H groups in total. The van der Waals surface area contributed by atoms with Gasteiger partial charge in [0.05, 0.1) is 22.2 Å². The Labute approximate surface area is 206 Å². The average Bonchev–Trinajstić information content (AvgIpc) is 3.51. The van der Waals surface area contributed by atoms with Gasteiger partial charge in [0.2, 0.25) is 10.0 Å². The van der Waals surface area contributed by atoms with Gasteiger partial charge in [-0.05, 0) is 49.9 Å². The van der Waals surface area contributed by atoms with E-state index in [2.05, 4.69) is 14.9 Å². The highest BCUT2D eigenvalue weighted by Crippen LogP contribution is 2.48. The number of aryl methyl sites for hydroxylation is 1. The van der Waals surface area contributed by atoms with Gasteiger partial charge < -0.3 is 9.26 Å². The van der Waals surface area contributed by atoms with Crippen LogP contribution in [-0.4, -0.2) is 24.8 Å². The van der Waals surface area contributed by atoms with Gasteiger partial charge in [0.25, 0.3) is 0 Å². The Morgan fingerprint density at radius 1 is 1.21 bits per heavy atom. The van der Waals surface area contributed by atoms with E-state index in [0.717, 1.165) is 80.9 Å². The SMILES string of the molecule is CS(=O)(=O)NCc1cc2nccc(-c3cc(Cl)cc4c3O[C@@H](c3onc5c3CCCC5)C4)c2s1. The Balaban J connectivity index is 1.39. The monoisotopic (exact) mass is 515 g/mol. The standard InChI is InChI=1S/C24H22ClN3O4S2/c1-34(29,30)27-12-15-11-20-24(33-15)16(6-7-26-20)18-10-14(25)8-13-9-21(31-22(13)18)23-17-4-2-3-5-19(17)28-32-23/h6-8,10-11,21,27H,2-5,9,12H2,1H3/t21-/m1/s1. The van der Waals surface area contributed by atoms with Crippen molar-refractivity contribution in [2.24, 2.45) is 0 Å². The second-order valence-corrected chi connectivity index (χ2v) is 12.2. The minimum Gasteiger partial charge on any atom is -0.481 e. The Morgan fingerprint density at radius 2 is 2.06 bits per heavy atom. The van der Waals surface area contributed by atoms with Crippen LogP contribution < -0.4 is 9.46 Å². The van der Waals surface area contributed by atoms with Crippen LogP contribution in [-0.2, 0) is 35.8 Å². The largest absolute Gasteiger partial charge is 0.481 e. The third-order valence-corrected chi connectivity index (χ3v) is 8.38. The number of ether oxygens (including phenoxy) is 1. The molecular weight excluding hydrogens is 494 g/mol. The lowest BCUT2D eigenvalue weighted by Crippen LogP contribution is -2.20. The number of nitrogens with zero attached hydrogens (tertiary/aromatic N) is 2. The van der Waals surface area contributed by atoms with Crippen molar-refractivity contribution in [3.63, 3.8) is 0 Å². The van der Waals surface area contributed by atoms with Crippen LogP contribution in [0.25, 0.3) is 21.3 Å². The first-order valence-corrected chi connectivity index (χ1v) is 14.2. The van der Waals surface area contributed by atoms with Crippen LogP contribution in [0.2, 0.25) is 5.02 Å². The smallest absolute Gasteiger partial charge is 0.209 e. The van der Waals surface area contributed by atoms with Gasteiger partial charge in [-0.1, -0.05) is 16.8 Å². The van der Waals surface area contributed by atoms with Crippen molar-refractivity contribution in [3.05, 3.63) is 62.9 Å². The normalized spacial score (nSPS) is 17.5. The molecule has 6 rings (SSSR count). The molecule has 0 unspecified atom stereocenters. The summed E-state index contributed by atoms with van der Waals surface area (Å²) in [6.45, 7) is 0.224. The van der Waals surface area contributed by atoms with Crippen LogP contribution in [0.4, 0.5) is 0 Å². The first kappa shape index (κ1) is 22.0. The topological polar surface area (TPSA) is 94.3 Å². The Hall–Kier alpha value is -2.46. The molecule has 1 aliphatic carbocycles. The average molecular weight is 516 g/mol. The van der Waals surface area contributed by atoms with Crippen molar-refractivity contribution in [1.29, 1.82) is 0 Å². The summed E-state index contributed by atoms with van der Waals surface area (Å²) >= 11 is 8.05. The maximum Gasteiger partial charge on any atom is 0.209 e. The van der Waals surface area contributed by atoms with Gasteiger partial charge >= 0.3 is 0 Å². The zero-order valence-corrected chi connectivity index (χ0v) is 20.8. The fraction of sp³-hybridized carbons (Fsp3) is 0.333. The maximum atomic E-state index is 11.5. The molecular formula is C24H22ClN3O4S2. The van der Waals surface area contributed by atoms with E-state index in [1.807, 2.05) is 24.3 Å². The number of fused-ring (bicyclic) bond motifs is 3. The highest BCUT2D eigenvalue weighted by Gasteiger charge is 2.34. The predicted octanol–water partition coefficient (Wildman–Crippen LogP) is 5.21. The van der Waals surface area contributed by atoms with Gasteiger partial charge in [0, 0.05) is 51.3 Å². The molecule has 10 heteroatoms. The van der Waals surface area contributed by atoms with E-state index in [9.17, 15) is 8.42 Å². The number of rotatable bonds is 5. The quantitative estimate of drug-likeness (QED) is 0.392. The third-order valence-electron chi connectivity index (χ3n) is 6.34. The summed E-state index contributed by atoms with van der Waals surface area (Å²) in [6.07, 6.45) is 7.57. The highest BCUT2D eigenvalue weighted by atomic mass is 35.5. The molecule has 7 nitrogen and oxygen atoms in total. The van der Waals surface area contributed by atoms with Gasteiger partial charge in [0.15, 0.2) is 11.9 Å². The zero-order valence-electron chi connectivity index (χ0n) is 18.4. The molecule has 1 aliphatic heterocycles. The number of pyridine rings is 1. The molecule has 2 aliphatic rings. The fourth-order valence-electron chi connectivity index (χ4n) is 4.83. The van der Waals surface area contributed by atoms with Gasteiger partial charge in [0.1, 0.15) is 5.75 Å². The van der Waals surface area contributed by atoms with Crippen LogP contribution in [0.1, 0.15) is 46.4 Å². The van der Waals surface area contributed by atoms with E-state index in [-0.39, 0.29) is 12.6 Å². The molecule has 34 heavy (non-hydrogen) atoms. The number of sulfonamides is 1. The summed E-state index contributed by atoms with van der Waals surface area (Å²) < 4.78 is 38.8. The lowest BCUT2D eigenvalue weighted by atomic mass is 9.93. The molecule has 1 atom stereocenters. The van der Waals surface area contributed by atoms with E-state index in [1.54, 1.807) is 6.20 Å². The number of aromatic nitrogens is 2. The molecule has 4 aromatic rings. The van der Waals surface area contributed by atoms with Crippen molar-refractivity contribution in [2.45, 2.75) is 44.8 Å². The van der Waals surface area contributed by atoms with Crippen molar-refractivity contribution in [3.8, 4) is 16.9 Å². The molecule has 0 bridgehead atoms. The van der Waals surface area contributed by atoms with Crippen LogP contribution in [0, 0.1) is 0 Å². The lowest BCUT2D eigenvalue weighted by molar-refractivity contribution is 0.189. The molecule has 0 radical (unpaired) electrons. The molecule has 0 saturated heterocycles. The Morgan fingerprint density at radius 3 is 2.91 bits per heavy atom. The number of benzene rings is 1. The van der Waals surface area contributed by atoms with Crippen molar-refractivity contribution in [2.75, 3.05) is 6.26 Å². The van der Waals surface area contributed by atoms with E-state index in [1.165, 1.54) is 16.9 Å². The molecule has 0 spiro atoms. The van der Waals surface area contributed by atoms with Crippen LogP contribution in [0.15, 0.2) is 35.0 Å². The fourth-order valence-corrected chi connectivity index (χ4v) is 6.66. The van der Waals surface area contributed by atoms with Crippen LogP contribution in [0.5, 0.6) is 5.75 Å². The van der Waals surface area contributed by atoms with E-state index in [0.29, 0.717) is 11.4 Å². The number of halogens is 1. The van der Waals surface area contributed by atoms with Gasteiger partial charge in [-0.15, -0.1) is 11.3 Å². The zero-order chi connectivity index (χ0) is 23.4. The highest BCUT2D eigenvalue weighted by molar-refractivity contribution is 7.88. The lowest BCUT2D eigenvalue weighted by Gasteiger charge is -2.14. The van der Waals surface area contributed by atoms with Gasteiger partial charge in [-0.25, -0.2) is 13.1 Å². The summed E-state index contributed by atoms with van der Waals surface area (Å²) in [7, 11) is -3.29. The first-order chi connectivity index (χ1) is 16.4. The summed E-state index contributed by atoms with van der Waals surface area (Å²) in [5, 5.41) is 4.94. The number of hydrogen-bond donors (Lipinski definition) is 1. The summed E-state index contributed by atoms with van der Waals surface area (Å²) in [5.41, 5.74) is 5.96. The molecule has 0 saturated carbocycles. The van der Waals surface area contributed by atoms with Crippen LogP contribution >= 0.6 is 22.9 Å². The van der Waals surface area contributed by atoms with Crippen molar-refractivity contribution < 1.29 is 17.7 Å². The van der Waals surface area contributed by atoms with Gasteiger partial charge in [-0.2, -0.15) is 0 Å². The molecule has 3 aromatic heterocycles. The number of nitrogens with one attached hydrogen (secondary N) is 1. The summed E-state index contributed by atoms with van der Waals surface area (Å²) in [4.78, 5) is 5.37. The maximum absolute atomic E-state index is 11.5. The minimum absolute atomic E-state index is 0.224. The van der Waals surface area contributed by atoms with Crippen molar-refractivity contribution >= 4 is 43.2 Å². The van der Waals surface area contributed by atoms with E-state index in [4.69, 9.17) is 20.9 Å². The second-order valence-electron chi connectivity index (χ2n) is 8.81. The molecule has 4 heterocycles. The van der Waals surface area contributed by atoms with Gasteiger partial charge in [-0.3, -0.25) is 4.98 Å². The molecule has 0 amide bonds. The molecule has 176 valence electrons. The molecule has 1 aromatic carbocycles.